The van der Waals surface area contributed by atoms with E-state index in [0.29, 0.717) is 11.5 Å². The largest absolute Gasteiger partial charge is 0.206 e. The van der Waals surface area contributed by atoms with Gasteiger partial charge in [0.05, 0.1) is 0 Å². The first-order valence-corrected chi connectivity index (χ1v) is 8.01. The number of halogens is 1. The fraction of sp³-hybridized carbons (Fsp3) is 0.400. The van der Waals surface area contributed by atoms with Gasteiger partial charge >= 0.3 is 0 Å². The number of hydrogen-bond acceptors (Lipinski definition) is 0. The van der Waals surface area contributed by atoms with Gasteiger partial charge in [-0.25, -0.2) is 4.39 Å². The molecule has 112 valence electrons. The summed E-state index contributed by atoms with van der Waals surface area (Å²) in [5, 5.41) is 0. The average Bonchev–Trinajstić information content (AvgIpc) is 2.49. The zero-order chi connectivity index (χ0) is 15.2. The van der Waals surface area contributed by atoms with E-state index in [-0.39, 0.29) is 5.82 Å². The van der Waals surface area contributed by atoms with Gasteiger partial charge in [0, 0.05) is 5.56 Å². The molecule has 0 bridgehead atoms. The minimum absolute atomic E-state index is 0.115. The van der Waals surface area contributed by atoms with E-state index in [2.05, 4.69) is 32.9 Å². The van der Waals surface area contributed by atoms with Crippen LogP contribution in [0.4, 0.5) is 4.39 Å². The van der Waals surface area contributed by atoms with Crippen molar-refractivity contribution in [2.75, 3.05) is 0 Å². The van der Waals surface area contributed by atoms with Crippen LogP contribution in [0.3, 0.4) is 0 Å². The summed E-state index contributed by atoms with van der Waals surface area (Å²) in [6.45, 7) is 6.59. The highest BCUT2D eigenvalue weighted by molar-refractivity contribution is 5.64. The van der Waals surface area contributed by atoms with E-state index in [4.69, 9.17) is 0 Å². The second kappa shape index (κ2) is 7.40. The van der Waals surface area contributed by atoms with Gasteiger partial charge in [-0.2, -0.15) is 0 Å². The molecule has 2 aromatic rings. The Labute approximate surface area is 128 Å². The fourth-order valence-corrected chi connectivity index (χ4v) is 2.60. The van der Waals surface area contributed by atoms with Crippen LogP contribution in [-0.4, -0.2) is 0 Å². The van der Waals surface area contributed by atoms with Crippen LogP contribution < -0.4 is 0 Å². The van der Waals surface area contributed by atoms with E-state index < -0.39 is 0 Å². The van der Waals surface area contributed by atoms with Crippen molar-refractivity contribution in [2.24, 2.45) is 5.92 Å². The molecule has 0 amide bonds. The van der Waals surface area contributed by atoms with Gasteiger partial charge in [-0.3, -0.25) is 0 Å². The van der Waals surface area contributed by atoms with Gasteiger partial charge in [0.2, 0.25) is 0 Å². The number of rotatable bonds is 6. The molecule has 0 aromatic heterocycles. The summed E-state index contributed by atoms with van der Waals surface area (Å²) < 4.78 is 14.2. The Kier molecular flexibility index (Phi) is 5.55. The minimum atomic E-state index is -0.115. The standard InChI is InChI=1S/C20H25F/c1-4-6-16-9-12-19(20(21)14-16)18-10-7-17(8-11-18)13-15(3)5-2/h7-12,14-15H,4-6,13H2,1-3H3. The molecular weight excluding hydrogens is 259 g/mol. The lowest BCUT2D eigenvalue weighted by molar-refractivity contribution is 0.560. The zero-order valence-corrected chi connectivity index (χ0v) is 13.3. The molecule has 0 saturated carbocycles. The van der Waals surface area contributed by atoms with Crippen LogP contribution in [-0.2, 0) is 12.8 Å². The first kappa shape index (κ1) is 15.8. The van der Waals surface area contributed by atoms with Crippen molar-refractivity contribution in [1.29, 1.82) is 0 Å². The van der Waals surface area contributed by atoms with Crippen LogP contribution in [0.25, 0.3) is 11.1 Å². The molecule has 0 fully saturated rings. The molecule has 1 unspecified atom stereocenters. The molecule has 0 aliphatic rings. The summed E-state index contributed by atoms with van der Waals surface area (Å²) in [6, 6.07) is 13.9. The molecule has 0 N–H and O–H groups in total. The van der Waals surface area contributed by atoms with E-state index in [1.165, 1.54) is 12.0 Å². The maximum atomic E-state index is 14.2. The van der Waals surface area contributed by atoms with Crippen molar-refractivity contribution >= 4 is 0 Å². The van der Waals surface area contributed by atoms with Crippen molar-refractivity contribution in [2.45, 2.75) is 46.5 Å². The highest BCUT2D eigenvalue weighted by Gasteiger charge is 2.07. The lowest BCUT2D eigenvalue weighted by Gasteiger charge is -2.10. The minimum Gasteiger partial charge on any atom is -0.206 e. The van der Waals surface area contributed by atoms with Crippen molar-refractivity contribution in [3.63, 3.8) is 0 Å². The SMILES string of the molecule is CCCc1ccc(-c2ccc(CC(C)CC)cc2)c(F)c1. The molecule has 2 rings (SSSR count). The van der Waals surface area contributed by atoms with Crippen LogP contribution in [0.1, 0.15) is 44.7 Å². The maximum Gasteiger partial charge on any atom is 0.131 e. The summed E-state index contributed by atoms with van der Waals surface area (Å²) in [5.41, 5.74) is 4.07. The highest BCUT2D eigenvalue weighted by atomic mass is 19.1. The lowest BCUT2D eigenvalue weighted by Crippen LogP contribution is -1.97. The van der Waals surface area contributed by atoms with Crippen molar-refractivity contribution < 1.29 is 4.39 Å². The average molecular weight is 284 g/mol. The second-order valence-electron chi connectivity index (χ2n) is 5.98. The van der Waals surface area contributed by atoms with Crippen LogP contribution in [0.15, 0.2) is 42.5 Å². The summed E-state index contributed by atoms with van der Waals surface area (Å²) in [7, 11) is 0. The van der Waals surface area contributed by atoms with Gasteiger partial charge in [-0.05, 0) is 41.5 Å². The Bertz CT molecular complexity index is 569. The Morgan fingerprint density at radius 1 is 0.952 bits per heavy atom. The Balaban J connectivity index is 2.18. The van der Waals surface area contributed by atoms with Gasteiger partial charge in [-0.1, -0.05) is 70.0 Å². The molecule has 0 nitrogen and oxygen atoms in total. The first-order chi connectivity index (χ1) is 10.1. The van der Waals surface area contributed by atoms with E-state index in [9.17, 15) is 4.39 Å². The normalized spacial score (nSPS) is 12.4. The van der Waals surface area contributed by atoms with Crippen LogP contribution >= 0.6 is 0 Å². The lowest BCUT2D eigenvalue weighted by atomic mass is 9.96. The third-order valence-corrected chi connectivity index (χ3v) is 4.12. The van der Waals surface area contributed by atoms with E-state index in [1.807, 2.05) is 24.3 Å². The summed E-state index contributed by atoms with van der Waals surface area (Å²) in [4.78, 5) is 0. The van der Waals surface area contributed by atoms with Crippen molar-refractivity contribution in [3.05, 3.63) is 59.4 Å². The van der Waals surface area contributed by atoms with Gasteiger partial charge in [0.1, 0.15) is 5.82 Å². The fourth-order valence-electron chi connectivity index (χ4n) is 2.60. The zero-order valence-electron chi connectivity index (χ0n) is 13.3. The topological polar surface area (TPSA) is 0 Å². The van der Waals surface area contributed by atoms with Crippen LogP contribution in [0.2, 0.25) is 0 Å². The second-order valence-corrected chi connectivity index (χ2v) is 5.98. The van der Waals surface area contributed by atoms with E-state index in [1.54, 1.807) is 6.07 Å². The van der Waals surface area contributed by atoms with E-state index in [0.717, 1.165) is 30.4 Å². The van der Waals surface area contributed by atoms with Gasteiger partial charge in [0.15, 0.2) is 0 Å². The Hall–Kier alpha value is -1.63. The number of benzene rings is 2. The molecule has 0 heterocycles. The molecule has 21 heavy (non-hydrogen) atoms. The summed E-state index contributed by atoms with van der Waals surface area (Å²) in [5.74, 6) is 0.580. The summed E-state index contributed by atoms with van der Waals surface area (Å²) in [6.07, 6.45) is 4.26. The smallest absolute Gasteiger partial charge is 0.131 e. The maximum absolute atomic E-state index is 14.2. The van der Waals surface area contributed by atoms with Crippen molar-refractivity contribution in [3.8, 4) is 11.1 Å². The third-order valence-electron chi connectivity index (χ3n) is 4.12. The number of aryl methyl sites for hydroxylation is 1. The van der Waals surface area contributed by atoms with Gasteiger partial charge in [-0.15, -0.1) is 0 Å². The predicted octanol–water partition coefficient (Wildman–Crippen LogP) is 6.03. The molecule has 1 heteroatoms. The van der Waals surface area contributed by atoms with Crippen molar-refractivity contribution in [1.82, 2.24) is 0 Å². The molecular formula is C20H25F. The van der Waals surface area contributed by atoms with Crippen LogP contribution in [0, 0.1) is 11.7 Å². The molecule has 1 atom stereocenters. The van der Waals surface area contributed by atoms with Gasteiger partial charge < -0.3 is 0 Å². The predicted molar refractivity (Wildman–Crippen MR) is 89.0 cm³/mol. The van der Waals surface area contributed by atoms with E-state index >= 15 is 0 Å². The molecule has 0 spiro atoms. The van der Waals surface area contributed by atoms with Gasteiger partial charge in [0.25, 0.3) is 0 Å². The first-order valence-electron chi connectivity index (χ1n) is 8.01. The van der Waals surface area contributed by atoms with Crippen LogP contribution in [0.5, 0.6) is 0 Å². The summed E-state index contributed by atoms with van der Waals surface area (Å²) >= 11 is 0. The Morgan fingerprint density at radius 3 is 2.19 bits per heavy atom. The highest BCUT2D eigenvalue weighted by Crippen LogP contribution is 2.25. The Morgan fingerprint density at radius 2 is 1.62 bits per heavy atom. The monoisotopic (exact) mass is 284 g/mol. The molecule has 0 aliphatic heterocycles. The molecule has 0 saturated heterocycles. The molecule has 2 aromatic carbocycles. The number of hydrogen-bond donors (Lipinski definition) is 0. The third kappa shape index (κ3) is 4.17. The molecule has 0 radical (unpaired) electrons. The molecule has 0 aliphatic carbocycles. The quantitative estimate of drug-likeness (QED) is 0.607.